The maximum absolute atomic E-state index is 13.0. The van der Waals surface area contributed by atoms with Crippen molar-refractivity contribution in [2.45, 2.75) is 69.6 Å². The van der Waals surface area contributed by atoms with Crippen molar-refractivity contribution in [2.75, 3.05) is 20.7 Å². The Kier molecular flexibility index (Phi) is 7.54. The third-order valence-corrected chi connectivity index (χ3v) is 7.51. The van der Waals surface area contributed by atoms with Crippen LogP contribution < -0.4 is 10.3 Å². The van der Waals surface area contributed by atoms with Crippen molar-refractivity contribution in [2.24, 2.45) is 0 Å². The third kappa shape index (κ3) is 5.43. The molecule has 2 heterocycles. The van der Waals surface area contributed by atoms with Crippen LogP contribution in [-0.4, -0.2) is 41.7 Å². The van der Waals surface area contributed by atoms with Crippen molar-refractivity contribution in [3.8, 4) is 0 Å². The predicted molar refractivity (Wildman–Crippen MR) is 128 cm³/mol. The van der Waals surface area contributed by atoms with Crippen LogP contribution in [0.4, 0.5) is 0 Å². The van der Waals surface area contributed by atoms with E-state index in [2.05, 4.69) is 45.4 Å². The van der Waals surface area contributed by atoms with Gasteiger partial charge in [-0.1, -0.05) is 36.4 Å². The first-order valence-corrected chi connectivity index (χ1v) is 12.3. The lowest BCUT2D eigenvalue weighted by Gasteiger charge is -2.37. The van der Waals surface area contributed by atoms with E-state index < -0.39 is 0 Å². The van der Waals surface area contributed by atoms with Crippen molar-refractivity contribution < 1.29 is 4.74 Å². The molecular formula is C25H35N3O2S. The number of rotatable bonds is 7. The van der Waals surface area contributed by atoms with Gasteiger partial charge in [-0.2, -0.15) is 0 Å². The summed E-state index contributed by atoms with van der Waals surface area (Å²) in [5, 5.41) is 0. The number of pyridine rings is 1. The van der Waals surface area contributed by atoms with E-state index in [1.807, 2.05) is 31.7 Å². The standard InChI is InChI=1S/C25H35N3O2S/c1-18-9-12-21-13-16-23(26-31-27(2)3)24(28(21)25(18)29)17-30-22-14-10-20(11-15-22)19-7-5-4-6-8-19/h4-9,12,20,22-24,26H,10-11,13-17H2,1-3H3. The summed E-state index contributed by atoms with van der Waals surface area (Å²) >= 11 is 1.60. The van der Waals surface area contributed by atoms with Crippen molar-refractivity contribution in [1.29, 1.82) is 0 Å². The SMILES string of the molecule is Cc1ccc2n(c1=O)C(COC1CCC(c3ccccc3)CC1)C(NSN(C)C)CC2. The lowest BCUT2D eigenvalue weighted by atomic mass is 9.83. The van der Waals surface area contributed by atoms with E-state index in [0.717, 1.165) is 36.9 Å². The quantitative estimate of drug-likeness (QED) is 0.643. The second-order valence-corrected chi connectivity index (χ2v) is 10.3. The van der Waals surface area contributed by atoms with Crippen molar-refractivity contribution in [3.05, 3.63) is 69.6 Å². The minimum atomic E-state index is 0.0236. The summed E-state index contributed by atoms with van der Waals surface area (Å²) < 4.78 is 14.1. The lowest BCUT2D eigenvalue weighted by molar-refractivity contribution is -0.00157. The maximum atomic E-state index is 13.0. The van der Waals surface area contributed by atoms with Crippen molar-refractivity contribution in [3.63, 3.8) is 0 Å². The molecule has 1 aromatic carbocycles. The summed E-state index contributed by atoms with van der Waals surface area (Å²) in [4.78, 5) is 13.0. The third-order valence-electron chi connectivity index (χ3n) is 6.73. The summed E-state index contributed by atoms with van der Waals surface area (Å²) in [7, 11) is 4.06. The van der Waals surface area contributed by atoms with Crippen LogP contribution in [0, 0.1) is 6.92 Å². The Labute approximate surface area is 190 Å². The molecule has 1 aromatic heterocycles. The van der Waals surface area contributed by atoms with E-state index in [1.165, 1.54) is 18.4 Å². The number of aromatic nitrogens is 1. The highest BCUT2D eigenvalue weighted by Crippen LogP contribution is 2.35. The van der Waals surface area contributed by atoms with Crippen LogP contribution in [0.5, 0.6) is 0 Å². The Bertz CT molecular complexity index is 907. The molecule has 0 radical (unpaired) electrons. The Morgan fingerprint density at radius 2 is 1.81 bits per heavy atom. The fraction of sp³-hybridized carbons (Fsp3) is 0.560. The zero-order valence-corrected chi connectivity index (χ0v) is 19.7. The normalized spacial score (nSPS) is 26.1. The largest absolute Gasteiger partial charge is 0.376 e. The molecule has 2 aromatic rings. The molecular weight excluding hydrogens is 406 g/mol. The summed E-state index contributed by atoms with van der Waals surface area (Å²) in [6.45, 7) is 2.49. The van der Waals surface area contributed by atoms with Gasteiger partial charge in [0.2, 0.25) is 0 Å². The molecule has 0 bridgehead atoms. The monoisotopic (exact) mass is 441 g/mol. The van der Waals surface area contributed by atoms with E-state index in [0.29, 0.717) is 12.5 Å². The van der Waals surface area contributed by atoms with Crippen LogP contribution in [0.25, 0.3) is 0 Å². The van der Waals surface area contributed by atoms with Crippen LogP contribution in [0.2, 0.25) is 0 Å². The lowest BCUT2D eigenvalue weighted by Crippen LogP contribution is -2.47. The zero-order chi connectivity index (χ0) is 21.8. The molecule has 4 rings (SSSR count). The molecule has 0 spiro atoms. The molecule has 1 N–H and O–H groups in total. The average Bonchev–Trinajstić information content (AvgIpc) is 2.79. The zero-order valence-electron chi connectivity index (χ0n) is 18.9. The number of benzene rings is 1. The molecule has 2 unspecified atom stereocenters. The molecule has 1 aliphatic heterocycles. The maximum Gasteiger partial charge on any atom is 0.254 e. The van der Waals surface area contributed by atoms with Gasteiger partial charge in [-0.05, 0) is 77.1 Å². The molecule has 1 fully saturated rings. The first-order chi connectivity index (χ1) is 15.0. The minimum absolute atomic E-state index is 0.0236. The molecule has 0 amide bonds. The van der Waals surface area contributed by atoms with Crippen LogP contribution in [0.1, 0.15) is 60.9 Å². The summed E-state index contributed by atoms with van der Waals surface area (Å²) in [6.07, 6.45) is 6.74. The fourth-order valence-corrected chi connectivity index (χ4v) is 5.58. The molecule has 2 aliphatic rings. The van der Waals surface area contributed by atoms with Crippen molar-refractivity contribution >= 4 is 12.1 Å². The highest BCUT2D eigenvalue weighted by atomic mass is 32.2. The van der Waals surface area contributed by atoms with Crippen molar-refractivity contribution in [1.82, 2.24) is 13.6 Å². The van der Waals surface area contributed by atoms with E-state index in [9.17, 15) is 4.79 Å². The smallest absolute Gasteiger partial charge is 0.254 e. The van der Waals surface area contributed by atoms with Gasteiger partial charge in [0.05, 0.1) is 18.8 Å². The van der Waals surface area contributed by atoms with E-state index in [1.54, 1.807) is 12.1 Å². The predicted octanol–water partition coefficient (Wildman–Crippen LogP) is 4.47. The number of fused-ring (bicyclic) bond motifs is 1. The topological polar surface area (TPSA) is 46.5 Å². The van der Waals surface area contributed by atoms with Gasteiger partial charge < -0.3 is 9.30 Å². The summed E-state index contributed by atoms with van der Waals surface area (Å²) in [5.41, 5.74) is 3.51. The van der Waals surface area contributed by atoms with Gasteiger partial charge in [-0.25, -0.2) is 9.03 Å². The highest BCUT2D eigenvalue weighted by molar-refractivity contribution is 7.95. The molecule has 5 nitrogen and oxygen atoms in total. The number of ether oxygens (including phenoxy) is 1. The van der Waals surface area contributed by atoms with Crippen LogP contribution in [0.3, 0.4) is 0 Å². The first-order valence-electron chi connectivity index (χ1n) is 11.5. The van der Waals surface area contributed by atoms with Crippen LogP contribution in [-0.2, 0) is 11.2 Å². The molecule has 1 saturated carbocycles. The van der Waals surface area contributed by atoms with Gasteiger partial charge in [-0.3, -0.25) is 4.79 Å². The Balaban J connectivity index is 1.43. The molecule has 31 heavy (non-hydrogen) atoms. The summed E-state index contributed by atoms with van der Waals surface area (Å²) in [6, 6.07) is 15.2. The Hall–Kier alpha value is -1.60. The van der Waals surface area contributed by atoms with E-state index in [4.69, 9.17) is 4.74 Å². The minimum Gasteiger partial charge on any atom is -0.376 e. The van der Waals surface area contributed by atoms with E-state index >= 15 is 0 Å². The first kappa shape index (κ1) is 22.6. The highest BCUT2D eigenvalue weighted by Gasteiger charge is 2.32. The molecule has 2 atom stereocenters. The van der Waals surface area contributed by atoms with Crippen LogP contribution >= 0.6 is 12.1 Å². The fourth-order valence-electron chi connectivity index (χ4n) is 4.96. The van der Waals surface area contributed by atoms with E-state index in [-0.39, 0.29) is 23.7 Å². The second-order valence-electron chi connectivity index (χ2n) is 9.13. The second kappa shape index (κ2) is 10.3. The van der Waals surface area contributed by atoms with Crippen LogP contribution in [0.15, 0.2) is 47.3 Å². The Morgan fingerprint density at radius 3 is 2.52 bits per heavy atom. The molecule has 0 saturated heterocycles. The molecule has 1 aliphatic carbocycles. The molecule has 168 valence electrons. The van der Waals surface area contributed by atoms with Gasteiger partial charge in [0.1, 0.15) is 0 Å². The number of hydrogen-bond acceptors (Lipinski definition) is 5. The number of hydrogen-bond donors (Lipinski definition) is 1. The number of nitrogens with one attached hydrogen (secondary N) is 1. The molecule has 6 heteroatoms. The van der Waals surface area contributed by atoms with Gasteiger partial charge in [-0.15, -0.1) is 0 Å². The summed E-state index contributed by atoms with van der Waals surface area (Å²) in [5.74, 6) is 0.646. The van der Waals surface area contributed by atoms with Gasteiger partial charge in [0.25, 0.3) is 5.56 Å². The average molecular weight is 442 g/mol. The number of aryl methyl sites for hydroxylation is 2. The van der Waals surface area contributed by atoms with Gasteiger partial charge in [0.15, 0.2) is 0 Å². The van der Waals surface area contributed by atoms with Gasteiger partial charge in [0, 0.05) is 29.4 Å². The number of nitrogens with zero attached hydrogens (tertiary/aromatic N) is 2. The Morgan fingerprint density at radius 1 is 1.06 bits per heavy atom. The van der Waals surface area contributed by atoms with Gasteiger partial charge >= 0.3 is 0 Å².